The number of amides is 1. The van der Waals surface area contributed by atoms with Gasteiger partial charge in [0.15, 0.2) is 0 Å². The maximum Gasteiger partial charge on any atom is 0.222 e. The monoisotopic (exact) mass is 287 g/mol. The van der Waals surface area contributed by atoms with Crippen LogP contribution < -0.4 is 5.32 Å². The first-order valence-electron chi connectivity index (χ1n) is 8.01. The van der Waals surface area contributed by atoms with Crippen LogP contribution >= 0.6 is 0 Å². The van der Waals surface area contributed by atoms with E-state index in [0.717, 1.165) is 45.7 Å². The highest BCUT2D eigenvalue weighted by molar-refractivity contribution is 5.76. The highest BCUT2D eigenvalue weighted by atomic mass is 16.2. The average molecular weight is 287 g/mol. The molecule has 0 radical (unpaired) electrons. The summed E-state index contributed by atoms with van der Waals surface area (Å²) in [6, 6.07) is 9.05. The molecule has 0 aromatic heterocycles. The lowest BCUT2D eigenvalue weighted by molar-refractivity contribution is -0.133. The fourth-order valence-electron chi connectivity index (χ4n) is 3.16. The Morgan fingerprint density at radius 1 is 1.19 bits per heavy atom. The van der Waals surface area contributed by atoms with E-state index < -0.39 is 0 Å². The van der Waals surface area contributed by atoms with Crippen LogP contribution in [0.15, 0.2) is 24.3 Å². The molecule has 21 heavy (non-hydrogen) atoms. The number of nitrogens with one attached hydrogen (secondary N) is 1. The largest absolute Gasteiger partial charge is 0.340 e. The molecule has 1 aromatic carbocycles. The van der Waals surface area contributed by atoms with Gasteiger partial charge in [0.2, 0.25) is 5.91 Å². The summed E-state index contributed by atoms with van der Waals surface area (Å²) in [5.74, 6) is 0.310. The van der Waals surface area contributed by atoms with Crippen molar-refractivity contribution >= 4 is 5.91 Å². The van der Waals surface area contributed by atoms with Gasteiger partial charge in [0.25, 0.3) is 0 Å². The van der Waals surface area contributed by atoms with Gasteiger partial charge >= 0.3 is 0 Å². The van der Waals surface area contributed by atoms with Gasteiger partial charge in [-0.2, -0.15) is 0 Å². The third-order valence-electron chi connectivity index (χ3n) is 4.81. The molecule has 0 bridgehead atoms. The molecule has 0 atom stereocenters. The van der Waals surface area contributed by atoms with Crippen LogP contribution in [0.1, 0.15) is 17.5 Å². The Hall–Kier alpha value is -1.39. The lowest BCUT2D eigenvalue weighted by atomic mass is 10.0. The van der Waals surface area contributed by atoms with Crippen LogP contribution in [0.5, 0.6) is 0 Å². The van der Waals surface area contributed by atoms with Gasteiger partial charge in [0.05, 0.1) is 0 Å². The number of benzene rings is 1. The van der Waals surface area contributed by atoms with E-state index in [9.17, 15) is 4.79 Å². The molecule has 0 aliphatic carbocycles. The molecule has 3 rings (SSSR count). The molecule has 2 heterocycles. The number of hydrogen-bond acceptors (Lipinski definition) is 3. The Kier molecular flexibility index (Phi) is 4.56. The second kappa shape index (κ2) is 6.58. The highest BCUT2D eigenvalue weighted by Crippen LogP contribution is 2.13. The molecule has 0 unspecified atom stereocenters. The second-order valence-electron chi connectivity index (χ2n) is 6.16. The molecule has 2 aliphatic rings. The van der Waals surface area contributed by atoms with Crippen molar-refractivity contribution < 1.29 is 4.79 Å². The fourth-order valence-corrected chi connectivity index (χ4v) is 3.16. The summed E-state index contributed by atoms with van der Waals surface area (Å²) in [6.07, 6.45) is 1.49. The number of nitrogens with zero attached hydrogens (tertiary/aromatic N) is 2. The smallest absolute Gasteiger partial charge is 0.222 e. The Bertz CT molecular complexity index is 491. The van der Waals surface area contributed by atoms with Crippen molar-refractivity contribution in [2.75, 3.05) is 39.3 Å². The molecular weight excluding hydrogens is 262 g/mol. The number of piperazine rings is 1. The molecule has 1 N–H and O–H groups in total. The van der Waals surface area contributed by atoms with Crippen LogP contribution in [-0.2, 0) is 11.2 Å². The van der Waals surface area contributed by atoms with Gasteiger partial charge in [-0.3, -0.25) is 9.69 Å². The minimum Gasteiger partial charge on any atom is -0.340 e. The van der Waals surface area contributed by atoms with E-state index in [4.69, 9.17) is 0 Å². The van der Waals surface area contributed by atoms with E-state index in [1.165, 1.54) is 11.1 Å². The predicted molar refractivity (Wildman–Crippen MR) is 84.3 cm³/mol. The van der Waals surface area contributed by atoms with E-state index in [-0.39, 0.29) is 0 Å². The summed E-state index contributed by atoms with van der Waals surface area (Å²) in [5.41, 5.74) is 2.58. The Morgan fingerprint density at radius 2 is 1.90 bits per heavy atom. The van der Waals surface area contributed by atoms with Crippen LogP contribution in [0.4, 0.5) is 0 Å². The molecule has 0 saturated carbocycles. The summed E-state index contributed by atoms with van der Waals surface area (Å²) < 4.78 is 0. The topological polar surface area (TPSA) is 35.6 Å². The van der Waals surface area contributed by atoms with Gasteiger partial charge in [-0.1, -0.05) is 24.3 Å². The standard InChI is InChI=1S/C17H25N3O/c1-14-4-2-3-5-15(14)6-7-17(21)20-10-8-19(9-11-20)16-12-18-13-16/h2-5,16,18H,6-13H2,1H3. The molecule has 2 fully saturated rings. The van der Waals surface area contributed by atoms with E-state index >= 15 is 0 Å². The quantitative estimate of drug-likeness (QED) is 0.899. The van der Waals surface area contributed by atoms with Crippen LogP contribution in [-0.4, -0.2) is 61.0 Å². The predicted octanol–water partition coefficient (Wildman–Crippen LogP) is 1.04. The number of carbonyl (C=O) groups excluding carboxylic acids is 1. The fraction of sp³-hybridized carbons (Fsp3) is 0.588. The van der Waals surface area contributed by atoms with Crippen LogP contribution in [0, 0.1) is 6.92 Å². The molecule has 2 aliphatic heterocycles. The molecule has 0 spiro atoms. The van der Waals surface area contributed by atoms with Gasteiger partial charge in [0.1, 0.15) is 0 Å². The van der Waals surface area contributed by atoms with Crippen molar-refractivity contribution in [2.45, 2.75) is 25.8 Å². The van der Waals surface area contributed by atoms with E-state index in [1.54, 1.807) is 0 Å². The van der Waals surface area contributed by atoms with E-state index in [1.807, 2.05) is 4.90 Å². The van der Waals surface area contributed by atoms with Crippen molar-refractivity contribution in [2.24, 2.45) is 0 Å². The molecule has 4 nitrogen and oxygen atoms in total. The van der Waals surface area contributed by atoms with Crippen LogP contribution in [0.2, 0.25) is 0 Å². The zero-order valence-electron chi connectivity index (χ0n) is 12.8. The molecule has 1 amide bonds. The van der Waals surface area contributed by atoms with Crippen molar-refractivity contribution in [3.63, 3.8) is 0 Å². The normalized spacial score (nSPS) is 20.3. The van der Waals surface area contributed by atoms with Crippen molar-refractivity contribution in [3.05, 3.63) is 35.4 Å². The molecular formula is C17H25N3O. The lowest BCUT2D eigenvalue weighted by Crippen LogP contribution is -2.62. The Morgan fingerprint density at radius 3 is 2.52 bits per heavy atom. The summed E-state index contributed by atoms with van der Waals surface area (Å²) in [7, 11) is 0. The van der Waals surface area contributed by atoms with Gasteiger partial charge < -0.3 is 10.2 Å². The Balaban J connectivity index is 1.45. The first-order chi connectivity index (χ1) is 10.2. The zero-order valence-corrected chi connectivity index (χ0v) is 12.8. The molecule has 114 valence electrons. The molecule has 4 heteroatoms. The van der Waals surface area contributed by atoms with Crippen molar-refractivity contribution in [1.82, 2.24) is 15.1 Å². The Labute approximate surface area is 127 Å². The maximum absolute atomic E-state index is 12.3. The van der Waals surface area contributed by atoms with Crippen LogP contribution in [0.3, 0.4) is 0 Å². The number of aryl methyl sites for hydroxylation is 2. The van der Waals surface area contributed by atoms with Crippen molar-refractivity contribution in [1.29, 1.82) is 0 Å². The highest BCUT2D eigenvalue weighted by Gasteiger charge is 2.28. The summed E-state index contributed by atoms with van der Waals surface area (Å²) in [6.45, 7) is 8.19. The first-order valence-corrected chi connectivity index (χ1v) is 8.01. The van der Waals surface area contributed by atoms with Crippen LogP contribution in [0.25, 0.3) is 0 Å². The lowest BCUT2D eigenvalue weighted by Gasteiger charge is -2.43. The zero-order chi connectivity index (χ0) is 14.7. The van der Waals surface area contributed by atoms with Gasteiger partial charge in [-0.15, -0.1) is 0 Å². The summed E-state index contributed by atoms with van der Waals surface area (Å²) in [5, 5.41) is 3.31. The van der Waals surface area contributed by atoms with Gasteiger partial charge in [-0.25, -0.2) is 0 Å². The minimum atomic E-state index is 0.310. The maximum atomic E-state index is 12.3. The average Bonchev–Trinajstić information content (AvgIpc) is 2.45. The van der Waals surface area contributed by atoms with Gasteiger partial charge in [0, 0.05) is 51.7 Å². The third-order valence-corrected chi connectivity index (χ3v) is 4.81. The third kappa shape index (κ3) is 3.44. The SMILES string of the molecule is Cc1ccccc1CCC(=O)N1CCN(C2CNC2)CC1. The summed E-state index contributed by atoms with van der Waals surface area (Å²) in [4.78, 5) is 16.9. The van der Waals surface area contributed by atoms with E-state index in [0.29, 0.717) is 18.4 Å². The van der Waals surface area contributed by atoms with E-state index in [2.05, 4.69) is 41.4 Å². The van der Waals surface area contributed by atoms with Gasteiger partial charge in [-0.05, 0) is 24.5 Å². The first kappa shape index (κ1) is 14.5. The minimum absolute atomic E-state index is 0.310. The van der Waals surface area contributed by atoms with Crippen molar-refractivity contribution in [3.8, 4) is 0 Å². The molecule has 2 saturated heterocycles. The number of hydrogen-bond donors (Lipinski definition) is 1. The molecule has 1 aromatic rings. The summed E-state index contributed by atoms with van der Waals surface area (Å²) >= 11 is 0. The number of rotatable bonds is 4. The second-order valence-corrected chi connectivity index (χ2v) is 6.16. The number of carbonyl (C=O) groups is 1.